The molecule has 1 aliphatic heterocycles. The molecule has 156 valence electrons. The van der Waals surface area contributed by atoms with Crippen LogP contribution in [-0.2, 0) is 16.0 Å². The number of amides is 1. The lowest BCUT2D eigenvalue weighted by atomic mass is 9.80. The molecule has 0 bridgehead atoms. The molecule has 1 atom stereocenters. The second kappa shape index (κ2) is 9.63. The molecule has 2 aromatic carbocycles. The van der Waals surface area contributed by atoms with Gasteiger partial charge < -0.3 is 15.7 Å². The average Bonchev–Trinajstić information content (AvgIpc) is 2.71. The van der Waals surface area contributed by atoms with Crippen molar-refractivity contribution in [1.29, 1.82) is 0 Å². The highest BCUT2D eigenvalue weighted by Crippen LogP contribution is 2.38. The van der Waals surface area contributed by atoms with Crippen molar-refractivity contribution >= 4 is 23.5 Å². The zero-order chi connectivity index (χ0) is 21.7. The third-order valence-electron chi connectivity index (χ3n) is 5.19. The number of allylic oxidation sites excluding steroid dienone is 2. The molecule has 1 aliphatic rings. The number of aliphatic carboxylic acids is 1. The number of aryl methyl sites for hydroxylation is 1. The number of hydrogen-bond donors (Lipinski definition) is 3. The van der Waals surface area contributed by atoms with Crippen molar-refractivity contribution in [3.8, 4) is 0 Å². The SMILES string of the molecule is CC1=C(C(=O)O)C(c2cccc(Cl)c2)C(C(=O)NCCCc2ccccc2)=C(C)N1. The average molecular weight is 425 g/mol. The summed E-state index contributed by atoms with van der Waals surface area (Å²) in [6.45, 7) is 4.00. The third-order valence-corrected chi connectivity index (χ3v) is 5.42. The highest BCUT2D eigenvalue weighted by atomic mass is 35.5. The van der Waals surface area contributed by atoms with Gasteiger partial charge in [0.15, 0.2) is 0 Å². The van der Waals surface area contributed by atoms with Gasteiger partial charge in [0.25, 0.3) is 0 Å². The van der Waals surface area contributed by atoms with Crippen LogP contribution in [0.25, 0.3) is 0 Å². The van der Waals surface area contributed by atoms with E-state index < -0.39 is 11.9 Å². The number of benzene rings is 2. The second-order valence-electron chi connectivity index (χ2n) is 7.34. The highest BCUT2D eigenvalue weighted by molar-refractivity contribution is 6.30. The minimum Gasteiger partial charge on any atom is -0.478 e. The Kier molecular flexibility index (Phi) is 6.95. The fraction of sp³-hybridized carbons (Fsp3) is 0.250. The molecule has 0 radical (unpaired) electrons. The van der Waals surface area contributed by atoms with Gasteiger partial charge in [-0.1, -0.05) is 54.1 Å². The number of dihydropyridines is 1. The minimum absolute atomic E-state index is 0.150. The molecule has 3 rings (SSSR count). The summed E-state index contributed by atoms with van der Waals surface area (Å²) >= 11 is 6.16. The maximum absolute atomic E-state index is 13.1. The Morgan fingerprint density at radius 3 is 2.40 bits per heavy atom. The summed E-state index contributed by atoms with van der Waals surface area (Å²) in [5.41, 5.74) is 3.60. The lowest BCUT2D eigenvalue weighted by Crippen LogP contribution is -2.36. The van der Waals surface area contributed by atoms with Gasteiger partial charge in [-0.05, 0) is 49.9 Å². The molecule has 0 saturated heterocycles. The van der Waals surface area contributed by atoms with Gasteiger partial charge in [-0.3, -0.25) is 4.79 Å². The Bertz CT molecular complexity index is 1010. The largest absolute Gasteiger partial charge is 0.478 e. The van der Waals surface area contributed by atoms with E-state index in [1.54, 1.807) is 38.1 Å². The number of carbonyl (C=O) groups is 2. The van der Waals surface area contributed by atoms with Crippen LogP contribution in [0.1, 0.15) is 37.3 Å². The Morgan fingerprint density at radius 2 is 1.73 bits per heavy atom. The quantitative estimate of drug-likeness (QED) is 0.575. The third kappa shape index (κ3) is 4.92. The van der Waals surface area contributed by atoms with Gasteiger partial charge in [0.2, 0.25) is 5.91 Å². The molecular weight excluding hydrogens is 400 g/mol. The van der Waals surface area contributed by atoms with E-state index in [1.807, 2.05) is 18.2 Å². The van der Waals surface area contributed by atoms with Crippen molar-refractivity contribution in [1.82, 2.24) is 10.6 Å². The molecule has 0 aliphatic carbocycles. The van der Waals surface area contributed by atoms with Gasteiger partial charge in [-0.2, -0.15) is 0 Å². The predicted octanol–water partition coefficient (Wildman–Crippen LogP) is 4.41. The van der Waals surface area contributed by atoms with Gasteiger partial charge in [-0.15, -0.1) is 0 Å². The van der Waals surface area contributed by atoms with Crippen LogP contribution in [0.4, 0.5) is 0 Å². The van der Waals surface area contributed by atoms with Gasteiger partial charge in [-0.25, -0.2) is 4.79 Å². The van der Waals surface area contributed by atoms with Crippen molar-refractivity contribution in [2.45, 2.75) is 32.6 Å². The molecule has 5 nitrogen and oxygen atoms in total. The number of nitrogens with one attached hydrogen (secondary N) is 2. The fourth-order valence-electron chi connectivity index (χ4n) is 3.83. The first-order valence-electron chi connectivity index (χ1n) is 9.88. The van der Waals surface area contributed by atoms with Gasteiger partial charge in [0.05, 0.1) is 11.5 Å². The summed E-state index contributed by atoms with van der Waals surface area (Å²) in [5, 5.41) is 16.4. The lowest BCUT2D eigenvalue weighted by Gasteiger charge is -2.30. The summed E-state index contributed by atoms with van der Waals surface area (Å²) in [6, 6.07) is 17.1. The number of carbonyl (C=O) groups excluding carboxylic acids is 1. The molecule has 0 fully saturated rings. The van der Waals surface area contributed by atoms with Crippen LogP contribution in [0.3, 0.4) is 0 Å². The zero-order valence-electron chi connectivity index (χ0n) is 17.0. The highest BCUT2D eigenvalue weighted by Gasteiger charge is 2.36. The number of halogens is 1. The first kappa shape index (κ1) is 21.7. The van der Waals surface area contributed by atoms with E-state index >= 15 is 0 Å². The Hall–Kier alpha value is -3.05. The molecule has 0 spiro atoms. The molecular formula is C24H25ClN2O3. The van der Waals surface area contributed by atoms with Gasteiger partial charge in [0, 0.05) is 28.5 Å². The van der Waals surface area contributed by atoms with Gasteiger partial charge >= 0.3 is 5.97 Å². The maximum atomic E-state index is 13.1. The molecule has 0 aromatic heterocycles. The summed E-state index contributed by atoms with van der Waals surface area (Å²) in [6.07, 6.45) is 1.65. The van der Waals surface area contributed by atoms with Crippen molar-refractivity contribution in [2.24, 2.45) is 0 Å². The molecule has 2 aromatic rings. The first-order valence-corrected chi connectivity index (χ1v) is 10.3. The molecule has 6 heteroatoms. The fourth-order valence-corrected chi connectivity index (χ4v) is 4.03. The molecule has 1 heterocycles. The van der Waals surface area contributed by atoms with Crippen molar-refractivity contribution in [2.75, 3.05) is 6.54 Å². The van der Waals surface area contributed by atoms with E-state index in [2.05, 4.69) is 22.8 Å². The summed E-state index contributed by atoms with van der Waals surface area (Å²) < 4.78 is 0. The lowest BCUT2D eigenvalue weighted by molar-refractivity contribution is -0.133. The summed E-state index contributed by atoms with van der Waals surface area (Å²) in [7, 11) is 0. The van der Waals surface area contributed by atoms with E-state index in [9.17, 15) is 14.7 Å². The number of hydrogen-bond acceptors (Lipinski definition) is 3. The van der Waals surface area contributed by atoms with Crippen LogP contribution in [0.15, 0.2) is 77.1 Å². The predicted molar refractivity (Wildman–Crippen MR) is 118 cm³/mol. The van der Waals surface area contributed by atoms with Crippen LogP contribution < -0.4 is 10.6 Å². The summed E-state index contributed by atoms with van der Waals surface area (Å²) in [5.74, 6) is -2.03. The molecule has 1 unspecified atom stereocenters. The number of carboxylic acids is 1. The first-order chi connectivity index (χ1) is 14.4. The van der Waals surface area contributed by atoms with Crippen LogP contribution in [0.5, 0.6) is 0 Å². The molecule has 30 heavy (non-hydrogen) atoms. The van der Waals surface area contributed by atoms with E-state index in [0.29, 0.717) is 34.1 Å². The topological polar surface area (TPSA) is 78.4 Å². The molecule has 0 saturated carbocycles. The Labute approximate surface area is 181 Å². The van der Waals surface area contributed by atoms with Crippen molar-refractivity contribution in [3.63, 3.8) is 0 Å². The molecule has 1 amide bonds. The maximum Gasteiger partial charge on any atom is 0.334 e. The van der Waals surface area contributed by atoms with Crippen LogP contribution >= 0.6 is 11.6 Å². The summed E-state index contributed by atoms with van der Waals surface area (Å²) in [4.78, 5) is 25.1. The Balaban J connectivity index is 1.82. The molecule has 3 N–H and O–H groups in total. The Morgan fingerprint density at radius 1 is 1.03 bits per heavy atom. The monoisotopic (exact) mass is 424 g/mol. The van der Waals surface area contributed by atoms with Crippen LogP contribution in [0.2, 0.25) is 5.02 Å². The van der Waals surface area contributed by atoms with Crippen molar-refractivity contribution in [3.05, 3.63) is 93.3 Å². The minimum atomic E-state index is -1.06. The van der Waals surface area contributed by atoms with E-state index in [1.165, 1.54) is 5.56 Å². The van der Waals surface area contributed by atoms with E-state index in [0.717, 1.165) is 12.8 Å². The van der Waals surface area contributed by atoms with Gasteiger partial charge in [0.1, 0.15) is 0 Å². The zero-order valence-corrected chi connectivity index (χ0v) is 17.8. The second-order valence-corrected chi connectivity index (χ2v) is 7.78. The number of carboxylic acid groups (broad SMARTS) is 1. The van der Waals surface area contributed by atoms with E-state index in [-0.39, 0.29) is 11.5 Å². The normalized spacial score (nSPS) is 16.3. The standard InChI is InChI=1S/C24H25ClN2O3/c1-15-20(23(28)26-13-7-10-17-8-4-3-5-9-17)22(18-11-6-12-19(25)14-18)21(24(29)30)16(2)27-15/h3-6,8-9,11-12,14,22,27H,7,10,13H2,1-2H3,(H,26,28)(H,29,30). The number of rotatable bonds is 7. The van der Waals surface area contributed by atoms with Crippen LogP contribution in [-0.4, -0.2) is 23.5 Å². The van der Waals surface area contributed by atoms with Crippen LogP contribution in [0, 0.1) is 0 Å². The van der Waals surface area contributed by atoms with Crippen molar-refractivity contribution < 1.29 is 14.7 Å². The van der Waals surface area contributed by atoms with E-state index in [4.69, 9.17) is 11.6 Å². The smallest absolute Gasteiger partial charge is 0.334 e.